The SMILES string of the molecule is Cc1nn(Cc2ccccc2)c(C)c1CNC(=S)NCc1ccc2c(c1)OCO2. The maximum atomic E-state index is 5.44. The van der Waals surface area contributed by atoms with Crippen molar-refractivity contribution in [3.8, 4) is 11.5 Å². The van der Waals surface area contributed by atoms with Gasteiger partial charge in [0.2, 0.25) is 6.79 Å². The number of nitrogens with one attached hydrogen (secondary N) is 2. The van der Waals surface area contributed by atoms with E-state index in [-0.39, 0.29) is 6.79 Å². The van der Waals surface area contributed by atoms with Crippen molar-refractivity contribution in [1.29, 1.82) is 0 Å². The Morgan fingerprint density at radius 1 is 1.00 bits per heavy atom. The summed E-state index contributed by atoms with van der Waals surface area (Å²) in [6.07, 6.45) is 0. The van der Waals surface area contributed by atoms with Crippen molar-refractivity contribution in [2.75, 3.05) is 6.79 Å². The summed E-state index contributed by atoms with van der Waals surface area (Å²) in [6, 6.07) is 16.3. The monoisotopic (exact) mass is 408 g/mol. The topological polar surface area (TPSA) is 60.3 Å². The van der Waals surface area contributed by atoms with Gasteiger partial charge in [0.05, 0.1) is 12.2 Å². The molecule has 0 saturated heterocycles. The highest BCUT2D eigenvalue weighted by atomic mass is 32.1. The van der Waals surface area contributed by atoms with Gasteiger partial charge in [-0.15, -0.1) is 0 Å². The van der Waals surface area contributed by atoms with Crippen LogP contribution in [0.5, 0.6) is 11.5 Å². The van der Waals surface area contributed by atoms with Crippen LogP contribution in [-0.2, 0) is 19.6 Å². The van der Waals surface area contributed by atoms with E-state index in [1.807, 2.05) is 48.0 Å². The number of fused-ring (bicyclic) bond motifs is 1. The Morgan fingerprint density at radius 3 is 2.59 bits per heavy atom. The summed E-state index contributed by atoms with van der Waals surface area (Å²) in [6.45, 7) is 6.44. The zero-order valence-corrected chi connectivity index (χ0v) is 17.4. The van der Waals surface area contributed by atoms with Crippen LogP contribution in [0, 0.1) is 13.8 Å². The lowest BCUT2D eigenvalue weighted by atomic mass is 10.2. The van der Waals surface area contributed by atoms with E-state index in [4.69, 9.17) is 26.8 Å². The first-order valence-corrected chi connectivity index (χ1v) is 9.98. The molecule has 1 aromatic heterocycles. The van der Waals surface area contributed by atoms with E-state index in [9.17, 15) is 0 Å². The maximum Gasteiger partial charge on any atom is 0.231 e. The number of aryl methyl sites for hydroxylation is 1. The van der Waals surface area contributed by atoms with E-state index in [0.717, 1.165) is 35.0 Å². The summed E-state index contributed by atoms with van der Waals surface area (Å²) in [7, 11) is 0. The Hall–Kier alpha value is -3.06. The fraction of sp³-hybridized carbons (Fsp3) is 0.273. The molecule has 1 aliphatic rings. The molecule has 150 valence electrons. The molecule has 0 atom stereocenters. The summed E-state index contributed by atoms with van der Waals surface area (Å²) >= 11 is 5.44. The van der Waals surface area contributed by atoms with Gasteiger partial charge in [0.25, 0.3) is 0 Å². The van der Waals surface area contributed by atoms with Crippen LogP contribution in [0.1, 0.15) is 28.1 Å². The molecule has 0 unspecified atom stereocenters. The molecule has 7 heteroatoms. The highest BCUT2D eigenvalue weighted by Gasteiger charge is 2.14. The van der Waals surface area contributed by atoms with Gasteiger partial charge >= 0.3 is 0 Å². The number of nitrogens with zero attached hydrogens (tertiary/aromatic N) is 2. The molecule has 0 amide bonds. The van der Waals surface area contributed by atoms with Crippen LogP contribution in [0.25, 0.3) is 0 Å². The number of ether oxygens (including phenoxy) is 2. The third-order valence-corrected chi connectivity index (χ3v) is 5.31. The minimum Gasteiger partial charge on any atom is -0.454 e. The number of thiocarbonyl (C=S) groups is 1. The molecule has 0 saturated carbocycles. The average Bonchev–Trinajstić information content (AvgIpc) is 3.30. The molecule has 0 radical (unpaired) electrons. The van der Waals surface area contributed by atoms with Gasteiger partial charge in [-0.1, -0.05) is 36.4 Å². The molecule has 3 aromatic rings. The Kier molecular flexibility index (Phi) is 5.67. The lowest BCUT2D eigenvalue weighted by Gasteiger charge is -2.11. The Morgan fingerprint density at radius 2 is 1.76 bits per heavy atom. The third kappa shape index (κ3) is 4.51. The van der Waals surface area contributed by atoms with Crippen LogP contribution < -0.4 is 20.1 Å². The number of rotatable bonds is 6. The minimum atomic E-state index is 0.281. The molecule has 6 nitrogen and oxygen atoms in total. The normalized spacial score (nSPS) is 12.1. The summed E-state index contributed by atoms with van der Waals surface area (Å²) < 4.78 is 12.8. The van der Waals surface area contributed by atoms with Gasteiger partial charge in [0.1, 0.15) is 0 Å². The van der Waals surface area contributed by atoms with Crippen LogP contribution in [0.2, 0.25) is 0 Å². The Labute approximate surface area is 175 Å². The predicted molar refractivity (Wildman–Crippen MR) is 116 cm³/mol. The fourth-order valence-corrected chi connectivity index (χ4v) is 3.51. The van der Waals surface area contributed by atoms with Crippen molar-refractivity contribution in [1.82, 2.24) is 20.4 Å². The number of aromatic nitrogens is 2. The molecular formula is C22H24N4O2S. The number of hydrogen-bond donors (Lipinski definition) is 2. The van der Waals surface area contributed by atoms with E-state index in [1.54, 1.807) is 0 Å². The molecular weight excluding hydrogens is 384 g/mol. The number of hydrogen-bond acceptors (Lipinski definition) is 4. The van der Waals surface area contributed by atoms with Crippen LogP contribution in [0.15, 0.2) is 48.5 Å². The highest BCUT2D eigenvalue weighted by Crippen LogP contribution is 2.32. The number of benzene rings is 2. The van der Waals surface area contributed by atoms with E-state index in [1.165, 1.54) is 11.1 Å². The van der Waals surface area contributed by atoms with E-state index >= 15 is 0 Å². The van der Waals surface area contributed by atoms with Crippen molar-refractivity contribution >= 4 is 17.3 Å². The summed E-state index contributed by atoms with van der Waals surface area (Å²) in [5.41, 5.74) is 5.66. The Balaban J connectivity index is 1.32. The summed E-state index contributed by atoms with van der Waals surface area (Å²) in [5, 5.41) is 11.8. The fourth-order valence-electron chi connectivity index (χ4n) is 3.36. The van der Waals surface area contributed by atoms with E-state index in [2.05, 4.69) is 29.7 Å². The standard InChI is InChI=1S/C22H24N4O2S/c1-15-19(16(2)26(25-15)13-17-6-4-3-5-7-17)12-24-22(29)23-11-18-8-9-20-21(10-18)28-14-27-20/h3-10H,11-14H2,1-2H3,(H2,23,24,29). The maximum absolute atomic E-state index is 5.44. The van der Waals surface area contributed by atoms with Gasteiger partial charge < -0.3 is 20.1 Å². The molecule has 0 bridgehead atoms. The van der Waals surface area contributed by atoms with Crippen LogP contribution in [0.4, 0.5) is 0 Å². The molecule has 0 aliphatic carbocycles. The van der Waals surface area contributed by atoms with Crippen molar-refractivity contribution in [2.45, 2.75) is 33.5 Å². The van der Waals surface area contributed by atoms with Crippen molar-refractivity contribution in [3.05, 3.63) is 76.6 Å². The van der Waals surface area contributed by atoms with Crippen molar-refractivity contribution < 1.29 is 9.47 Å². The van der Waals surface area contributed by atoms with Gasteiger partial charge in [-0.3, -0.25) is 4.68 Å². The molecule has 4 rings (SSSR count). The molecule has 2 N–H and O–H groups in total. The van der Waals surface area contributed by atoms with Crippen LogP contribution in [0.3, 0.4) is 0 Å². The third-order valence-electron chi connectivity index (χ3n) is 5.02. The predicted octanol–water partition coefficient (Wildman–Crippen LogP) is 3.44. The van der Waals surface area contributed by atoms with Gasteiger partial charge in [0, 0.05) is 24.3 Å². The zero-order chi connectivity index (χ0) is 20.2. The lowest BCUT2D eigenvalue weighted by molar-refractivity contribution is 0.174. The Bertz CT molecular complexity index is 1020. The van der Waals surface area contributed by atoms with Crippen molar-refractivity contribution in [2.24, 2.45) is 0 Å². The van der Waals surface area contributed by atoms with Gasteiger partial charge in [0.15, 0.2) is 16.6 Å². The summed E-state index contributed by atoms with van der Waals surface area (Å²) in [5.74, 6) is 1.56. The van der Waals surface area contributed by atoms with Crippen molar-refractivity contribution in [3.63, 3.8) is 0 Å². The largest absolute Gasteiger partial charge is 0.454 e. The molecule has 2 heterocycles. The van der Waals surface area contributed by atoms with Crippen LogP contribution >= 0.6 is 12.2 Å². The quantitative estimate of drug-likeness (QED) is 0.610. The first-order valence-electron chi connectivity index (χ1n) is 9.57. The molecule has 0 fully saturated rings. The van der Waals surface area contributed by atoms with Crippen LogP contribution in [-0.4, -0.2) is 21.7 Å². The molecule has 1 aliphatic heterocycles. The first kappa shape index (κ1) is 19.3. The molecule has 0 spiro atoms. The second-order valence-electron chi connectivity index (χ2n) is 7.02. The summed E-state index contributed by atoms with van der Waals surface area (Å²) in [4.78, 5) is 0. The zero-order valence-electron chi connectivity index (χ0n) is 16.6. The van der Waals surface area contributed by atoms with E-state index in [0.29, 0.717) is 18.2 Å². The molecule has 2 aromatic carbocycles. The smallest absolute Gasteiger partial charge is 0.231 e. The van der Waals surface area contributed by atoms with Gasteiger partial charge in [-0.2, -0.15) is 5.10 Å². The van der Waals surface area contributed by atoms with Gasteiger partial charge in [-0.05, 0) is 49.3 Å². The molecule has 29 heavy (non-hydrogen) atoms. The lowest BCUT2D eigenvalue weighted by Crippen LogP contribution is -2.34. The second kappa shape index (κ2) is 8.53. The highest BCUT2D eigenvalue weighted by molar-refractivity contribution is 7.80. The average molecular weight is 409 g/mol. The van der Waals surface area contributed by atoms with E-state index < -0.39 is 0 Å². The minimum absolute atomic E-state index is 0.281. The second-order valence-corrected chi connectivity index (χ2v) is 7.42. The first-order chi connectivity index (χ1) is 14.1. The van der Waals surface area contributed by atoms with Gasteiger partial charge in [-0.25, -0.2) is 0 Å².